The van der Waals surface area contributed by atoms with E-state index in [4.69, 9.17) is 4.74 Å². The van der Waals surface area contributed by atoms with E-state index in [1.54, 1.807) is 0 Å². The fourth-order valence-electron chi connectivity index (χ4n) is 3.36. The lowest BCUT2D eigenvalue weighted by Crippen LogP contribution is -2.30. The van der Waals surface area contributed by atoms with Gasteiger partial charge in [0.25, 0.3) is 0 Å². The van der Waals surface area contributed by atoms with Crippen molar-refractivity contribution in [1.29, 1.82) is 0 Å². The van der Waals surface area contributed by atoms with E-state index in [2.05, 4.69) is 57.4 Å². The fraction of sp³-hybridized carbons (Fsp3) is 0.667. The number of hydrogen-bond acceptors (Lipinski definition) is 2. The van der Waals surface area contributed by atoms with Gasteiger partial charge in [0.05, 0.1) is 6.10 Å². The van der Waals surface area contributed by atoms with Crippen LogP contribution in [0, 0.1) is 5.92 Å². The molecule has 0 aliphatic carbocycles. The molecule has 2 rings (SSSR count). The smallest absolute Gasteiger partial charge is 0.0619 e. The van der Waals surface area contributed by atoms with Gasteiger partial charge >= 0.3 is 0 Å². The van der Waals surface area contributed by atoms with Crippen molar-refractivity contribution in [2.45, 2.75) is 58.1 Å². The van der Waals surface area contributed by atoms with Crippen molar-refractivity contribution >= 4 is 0 Å². The second-order valence-corrected chi connectivity index (χ2v) is 6.01. The summed E-state index contributed by atoms with van der Waals surface area (Å²) >= 11 is 0. The van der Waals surface area contributed by atoms with Gasteiger partial charge < -0.3 is 10.1 Å². The highest BCUT2D eigenvalue weighted by atomic mass is 16.5. The topological polar surface area (TPSA) is 21.3 Å². The zero-order valence-electron chi connectivity index (χ0n) is 13.4. The van der Waals surface area contributed by atoms with Crippen LogP contribution >= 0.6 is 0 Å². The minimum atomic E-state index is 0.404. The molecule has 1 heterocycles. The Morgan fingerprint density at radius 2 is 1.85 bits per heavy atom. The van der Waals surface area contributed by atoms with Gasteiger partial charge in [0.1, 0.15) is 0 Å². The van der Waals surface area contributed by atoms with E-state index in [0.29, 0.717) is 24.0 Å². The van der Waals surface area contributed by atoms with Crippen molar-refractivity contribution < 1.29 is 4.74 Å². The fourth-order valence-corrected chi connectivity index (χ4v) is 3.36. The molecule has 0 amide bonds. The van der Waals surface area contributed by atoms with Gasteiger partial charge in [0.15, 0.2) is 0 Å². The van der Waals surface area contributed by atoms with Gasteiger partial charge in [0, 0.05) is 18.6 Å². The first kappa shape index (κ1) is 15.5. The normalized spacial score (nSPS) is 25.6. The number of nitrogens with one attached hydrogen (secondary N) is 1. The predicted molar refractivity (Wildman–Crippen MR) is 85.1 cm³/mol. The quantitative estimate of drug-likeness (QED) is 0.837. The van der Waals surface area contributed by atoms with Crippen LogP contribution in [-0.4, -0.2) is 19.8 Å². The number of rotatable bonds is 6. The lowest BCUT2D eigenvalue weighted by molar-refractivity contribution is 0.0782. The summed E-state index contributed by atoms with van der Waals surface area (Å²) in [6.07, 6.45) is 3.87. The Labute approximate surface area is 123 Å². The Morgan fingerprint density at radius 1 is 1.20 bits per heavy atom. The van der Waals surface area contributed by atoms with E-state index in [-0.39, 0.29) is 0 Å². The summed E-state index contributed by atoms with van der Waals surface area (Å²) in [5.41, 5.74) is 2.84. The maximum absolute atomic E-state index is 5.86. The molecule has 1 aromatic rings. The van der Waals surface area contributed by atoms with Crippen LogP contribution in [0.4, 0.5) is 0 Å². The minimum absolute atomic E-state index is 0.404. The van der Waals surface area contributed by atoms with Crippen molar-refractivity contribution in [2.75, 3.05) is 13.7 Å². The largest absolute Gasteiger partial charge is 0.378 e. The van der Waals surface area contributed by atoms with Crippen LogP contribution in [-0.2, 0) is 4.74 Å². The second kappa shape index (κ2) is 7.24. The van der Waals surface area contributed by atoms with Crippen molar-refractivity contribution in [1.82, 2.24) is 5.32 Å². The lowest BCUT2D eigenvalue weighted by atomic mass is 9.86. The number of ether oxygens (including phenoxy) is 1. The highest BCUT2D eigenvalue weighted by molar-refractivity contribution is 5.28. The molecule has 2 heteroatoms. The summed E-state index contributed by atoms with van der Waals surface area (Å²) in [4.78, 5) is 0. The summed E-state index contributed by atoms with van der Waals surface area (Å²) in [5, 5.41) is 3.51. The van der Waals surface area contributed by atoms with Crippen LogP contribution in [0.3, 0.4) is 0 Å². The van der Waals surface area contributed by atoms with Gasteiger partial charge in [-0.3, -0.25) is 0 Å². The van der Waals surface area contributed by atoms with Crippen molar-refractivity contribution in [3.8, 4) is 0 Å². The van der Waals surface area contributed by atoms with E-state index in [9.17, 15) is 0 Å². The molecule has 0 spiro atoms. The molecule has 4 unspecified atom stereocenters. The summed E-state index contributed by atoms with van der Waals surface area (Å²) < 4.78 is 5.86. The summed E-state index contributed by atoms with van der Waals surface area (Å²) in [6.45, 7) is 7.67. The van der Waals surface area contributed by atoms with E-state index in [1.807, 2.05) is 0 Å². The van der Waals surface area contributed by atoms with E-state index >= 15 is 0 Å². The highest BCUT2D eigenvalue weighted by Crippen LogP contribution is 2.35. The van der Waals surface area contributed by atoms with Gasteiger partial charge in [-0.1, -0.05) is 45.0 Å². The molecule has 0 aromatic heterocycles. The Balaban J connectivity index is 2.15. The SMILES string of the molecule is CCC(C)c1ccc(C(NC)C2CCOC2CC)cc1. The molecular weight excluding hydrogens is 246 g/mol. The minimum Gasteiger partial charge on any atom is -0.378 e. The predicted octanol–water partition coefficient (Wildman–Crippen LogP) is 4.28. The van der Waals surface area contributed by atoms with E-state index in [0.717, 1.165) is 19.4 Å². The third kappa shape index (κ3) is 3.24. The molecular formula is C18H29NO. The third-order valence-electron chi connectivity index (χ3n) is 4.88. The van der Waals surface area contributed by atoms with Crippen LogP contribution in [0.2, 0.25) is 0 Å². The Kier molecular flexibility index (Phi) is 5.62. The molecule has 0 saturated carbocycles. The zero-order chi connectivity index (χ0) is 14.5. The zero-order valence-corrected chi connectivity index (χ0v) is 13.4. The summed E-state index contributed by atoms with van der Waals surface area (Å²) in [5.74, 6) is 1.25. The molecule has 1 N–H and O–H groups in total. The Morgan fingerprint density at radius 3 is 2.40 bits per heavy atom. The standard InChI is InChI=1S/C18H29NO/c1-5-13(3)14-7-9-15(10-8-14)18(19-4)16-11-12-20-17(16)6-2/h7-10,13,16-19H,5-6,11-12H2,1-4H3. The average Bonchev–Trinajstić information content (AvgIpc) is 2.96. The number of benzene rings is 1. The molecule has 1 aromatic carbocycles. The number of hydrogen-bond donors (Lipinski definition) is 1. The van der Waals surface area contributed by atoms with E-state index in [1.165, 1.54) is 17.5 Å². The third-order valence-corrected chi connectivity index (χ3v) is 4.88. The van der Waals surface area contributed by atoms with Gasteiger partial charge in [-0.2, -0.15) is 0 Å². The Hall–Kier alpha value is -0.860. The molecule has 112 valence electrons. The molecule has 1 saturated heterocycles. The van der Waals surface area contributed by atoms with Crippen LogP contribution in [0.1, 0.15) is 63.1 Å². The van der Waals surface area contributed by atoms with Gasteiger partial charge in [-0.25, -0.2) is 0 Å². The molecule has 2 nitrogen and oxygen atoms in total. The first-order valence-electron chi connectivity index (χ1n) is 8.09. The molecule has 1 fully saturated rings. The van der Waals surface area contributed by atoms with Crippen molar-refractivity contribution in [3.63, 3.8) is 0 Å². The van der Waals surface area contributed by atoms with E-state index < -0.39 is 0 Å². The van der Waals surface area contributed by atoms with Gasteiger partial charge in [-0.05, 0) is 43.4 Å². The maximum atomic E-state index is 5.86. The highest BCUT2D eigenvalue weighted by Gasteiger charge is 2.33. The van der Waals surface area contributed by atoms with Crippen LogP contribution in [0.15, 0.2) is 24.3 Å². The summed E-state index contributed by atoms with van der Waals surface area (Å²) in [7, 11) is 2.07. The first-order chi connectivity index (χ1) is 9.71. The van der Waals surface area contributed by atoms with Crippen molar-refractivity contribution in [3.05, 3.63) is 35.4 Å². The van der Waals surface area contributed by atoms with Crippen LogP contribution < -0.4 is 5.32 Å². The average molecular weight is 275 g/mol. The van der Waals surface area contributed by atoms with Crippen LogP contribution in [0.5, 0.6) is 0 Å². The molecule has 20 heavy (non-hydrogen) atoms. The molecule has 0 radical (unpaired) electrons. The van der Waals surface area contributed by atoms with Crippen molar-refractivity contribution in [2.24, 2.45) is 5.92 Å². The second-order valence-electron chi connectivity index (χ2n) is 6.01. The molecule has 0 bridgehead atoms. The first-order valence-corrected chi connectivity index (χ1v) is 8.09. The summed E-state index contributed by atoms with van der Waals surface area (Å²) in [6, 6.07) is 9.60. The molecule has 1 aliphatic heterocycles. The Bertz CT molecular complexity index is 400. The maximum Gasteiger partial charge on any atom is 0.0619 e. The monoisotopic (exact) mass is 275 g/mol. The lowest BCUT2D eigenvalue weighted by Gasteiger charge is -2.27. The molecule has 1 aliphatic rings. The van der Waals surface area contributed by atoms with Gasteiger partial charge in [0.2, 0.25) is 0 Å². The molecule has 4 atom stereocenters. The van der Waals surface area contributed by atoms with Gasteiger partial charge in [-0.15, -0.1) is 0 Å². The van der Waals surface area contributed by atoms with Crippen LogP contribution in [0.25, 0.3) is 0 Å².